The number of aromatic hydroxyl groups is 1. The molecule has 0 bridgehead atoms. The molecular formula is C15H21NO4. The lowest BCUT2D eigenvalue weighted by molar-refractivity contribution is -0.151. The fraction of sp³-hybridized carbons (Fsp3) is 0.467. The van der Waals surface area contributed by atoms with Crippen LogP contribution in [0.3, 0.4) is 0 Å². The van der Waals surface area contributed by atoms with Crippen molar-refractivity contribution in [2.75, 3.05) is 7.05 Å². The Bertz CT molecular complexity index is 510. The monoisotopic (exact) mass is 279 g/mol. The first-order chi connectivity index (χ1) is 9.16. The van der Waals surface area contributed by atoms with E-state index in [2.05, 4.69) is 0 Å². The number of rotatable bonds is 5. The van der Waals surface area contributed by atoms with Crippen LogP contribution in [0, 0.1) is 5.41 Å². The van der Waals surface area contributed by atoms with Gasteiger partial charge >= 0.3 is 5.97 Å². The van der Waals surface area contributed by atoms with Gasteiger partial charge in [0, 0.05) is 19.0 Å². The summed E-state index contributed by atoms with van der Waals surface area (Å²) in [7, 11) is 1.61. The smallest absolute Gasteiger partial charge is 0.309 e. The van der Waals surface area contributed by atoms with Crippen LogP contribution in [-0.4, -0.2) is 34.0 Å². The SMILES string of the molecule is CC(c1ccccc1O)N(C)C(=O)CC(C)(C)C(=O)O. The number of carboxylic acid groups (broad SMARTS) is 1. The number of amides is 1. The Kier molecular flexibility index (Phi) is 4.76. The fourth-order valence-corrected chi connectivity index (χ4v) is 1.84. The molecule has 1 unspecified atom stereocenters. The van der Waals surface area contributed by atoms with Gasteiger partial charge in [0.15, 0.2) is 0 Å². The molecule has 1 rings (SSSR count). The Labute approximate surface area is 118 Å². The van der Waals surface area contributed by atoms with Gasteiger partial charge in [-0.1, -0.05) is 18.2 Å². The lowest BCUT2D eigenvalue weighted by atomic mass is 9.88. The van der Waals surface area contributed by atoms with E-state index < -0.39 is 11.4 Å². The number of phenols is 1. The number of carboxylic acids is 1. The van der Waals surface area contributed by atoms with Crippen LogP contribution < -0.4 is 0 Å². The highest BCUT2D eigenvalue weighted by Gasteiger charge is 2.32. The molecule has 5 nitrogen and oxygen atoms in total. The third kappa shape index (κ3) is 3.50. The van der Waals surface area contributed by atoms with Crippen molar-refractivity contribution in [3.05, 3.63) is 29.8 Å². The zero-order chi connectivity index (χ0) is 15.5. The minimum absolute atomic E-state index is 0.0865. The highest BCUT2D eigenvalue weighted by molar-refractivity contribution is 5.84. The molecule has 0 spiro atoms. The predicted molar refractivity (Wildman–Crippen MR) is 75.3 cm³/mol. The van der Waals surface area contributed by atoms with Crippen LogP contribution in [0.1, 0.15) is 38.8 Å². The lowest BCUT2D eigenvalue weighted by Crippen LogP contribution is -2.36. The Balaban J connectivity index is 2.85. The average Bonchev–Trinajstić information content (AvgIpc) is 2.36. The summed E-state index contributed by atoms with van der Waals surface area (Å²) in [6.07, 6.45) is -0.0865. The van der Waals surface area contributed by atoms with Gasteiger partial charge in [0.2, 0.25) is 5.91 Å². The van der Waals surface area contributed by atoms with E-state index in [0.717, 1.165) is 0 Å². The molecular weight excluding hydrogens is 258 g/mol. The van der Waals surface area contributed by atoms with Gasteiger partial charge in [0.1, 0.15) is 5.75 Å². The number of carbonyl (C=O) groups is 2. The van der Waals surface area contributed by atoms with Gasteiger partial charge in [-0.25, -0.2) is 0 Å². The van der Waals surface area contributed by atoms with Crippen molar-refractivity contribution < 1.29 is 19.8 Å². The average molecular weight is 279 g/mol. The highest BCUT2D eigenvalue weighted by atomic mass is 16.4. The van der Waals surface area contributed by atoms with Gasteiger partial charge in [0.05, 0.1) is 11.5 Å². The summed E-state index contributed by atoms with van der Waals surface area (Å²) in [5.74, 6) is -1.15. The maximum atomic E-state index is 12.2. The first-order valence-electron chi connectivity index (χ1n) is 6.43. The number of benzene rings is 1. The van der Waals surface area contributed by atoms with Crippen LogP contribution in [0.15, 0.2) is 24.3 Å². The first-order valence-corrected chi connectivity index (χ1v) is 6.43. The highest BCUT2D eigenvalue weighted by Crippen LogP contribution is 2.29. The van der Waals surface area contributed by atoms with Crippen molar-refractivity contribution in [1.82, 2.24) is 4.90 Å². The second-order valence-corrected chi connectivity index (χ2v) is 5.61. The van der Waals surface area contributed by atoms with Gasteiger partial charge in [-0.3, -0.25) is 9.59 Å². The maximum absolute atomic E-state index is 12.2. The Morgan fingerprint density at radius 2 is 1.85 bits per heavy atom. The molecule has 0 radical (unpaired) electrons. The van der Waals surface area contributed by atoms with Crippen molar-refractivity contribution in [2.45, 2.75) is 33.2 Å². The topological polar surface area (TPSA) is 77.8 Å². The summed E-state index contributed by atoms with van der Waals surface area (Å²) in [6, 6.07) is 6.47. The Hall–Kier alpha value is -2.04. The standard InChI is InChI=1S/C15H21NO4/c1-10(11-7-5-6-8-12(11)17)16(4)13(18)9-15(2,3)14(19)20/h5-8,10,17H,9H2,1-4H3,(H,19,20). The second-order valence-electron chi connectivity index (χ2n) is 5.61. The molecule has 0 saturated carbocycles. The summed E-state index contributed by atoms with van der Waals surface area (Å²) >= 11 is 0. The minimum atomic E-state index is -1.11. The summed E-state index contributed by atoms with van der Waals surface area (Å²) in [5.41, 5.74) is -0.472. The largest absolute Gasteiger partial charge is 0.508 e. The van der Waals surface area contributed by atoms with E-state index in [-0.39, 0.29) is 24.1 Å². The van der Waals surface area contributed by atoms with E-state index >= 15 is 0 Å². The molecule has 110 valence electrons. The maximum Gasteiger partial charge on any atom is 0.309 e. The van der Waals surface area contributed by atoms with E-state index in [9.17, 15) is 14.7 Å². The van der Waals surface area contributed by atoms with Crippen LogP contribution in [-0.2, 0) is 9.59 Å². The van der Waals surface area contributed by atoms with Gasteiger partial charge in [-0.05, 0) is 26.8 Å². The zero-order valence-electron chi connectivity index (χ0n) is 12.3. The summed E-state index contributed by atoms with van der Waals surface area (Å²) < 4.78 is 0. The third-order valence-electron chi connectivity index (χ3n) is 3.53. The molecule has 0 aliphatic carbocycles. The van der Waals surface area contributed by atoms with Gasteiger partial charge in [-0.15, -0.1) is 0 Å². The third-order valence-corrected chi connectivity index (χ3v) is 3.53. The molecule has 1 aromatic rings. The van der Waals surface area contributed by atoms with Crippen molar-refractivity contribution in [2.24, 2.45) is 5.41 Å². The van der Waals surface area contributed by atoms with Crippen LogP contribution in [0.25, 0.3) is 0 Å². The van der Waals surface area contributed by atoms with Crippen molar-refractivity contribution in [3.8, 4) is 5.75 Å². The molecule has 0 fully saturated rings. The van der Waals surface area contributed by atoms with Crippen molar-refractivity contribution in [1.29, 1.82) is 0 Å². The van der Waals surface area contributed by atoms with E-state index in [0.29, 0.717) is 5.56 Å². The minimum Gasteiger partial charge on any atom is -0.508 e. The number of para-hydroxylation sites is 1. The van der Waals surface area contributed by atoms with Gasteiger partial charge < -0.3 is 15.1 Å². The van der Waals surface area contributed by atoms with Crippen molar-refractivity contribution >= 4 is 11.9 Å². The fourth-order valence-electron chi connectivity index (χ4n) is 1.84. The van der Waals surface area contributed by atoms with Crippen LogP contribution in [0.2, 0.25) is 0 Å². The normalized spacial score (nSPS) is 12.8. The van der Waals surface area contributed by atoms with Crippen LogP contribution in [0.4, 0.5) is 0 Å². The second kappa shape index (κ2) is 5.94. The molecule has 0 aromatic heterocycles. The summed E-state index contributed by atoms with van der Waals surface area (Å²) in [4.78, 5) is 24.7. The van der Waals surface area contributed by atoms with Gasteiger partial charge in [-0.2, -0.15) is 0 Å². The number of hydrogen-bond donors (Lipinski definition) is 2. The van der Waals surface area contributed by atoms with E-state index in [1.165, 1.54) is 18.7 Å². The van der Waals surface area contributed by atoms with Crippen LogP contribution in [0.5, 0.6) is 5.75 Å². The number of phenolic OH excluding ortho intramolecular Hbond substituents is 1. The molecule has 0 aliphatic rings. The molecule has 20 heavy (non-hydrogen) atoms. The quantitative estimate of drug-likeness (QED) is 0.867. The molecule has 0 aliphatic heterocycles. The molecule has 1 aromatic carbocycles. The number of nitrogens with zero attached hydrogens (tertiary/aromatic N) is 1. The molecule has 1 atom stereocenters. The number of aliphatic carboxylic acids is 1. The molecule has 0 heterocycles. The molecule has 2 N–H and O–H groups in total. The van der Waals surface area contributed by atoms with Crippen molar-refractivity contribution in [3.63, 3.8) is 0 Å². The van der Waals surface area contributed by atoms with E-state index in [1.54, 1.807) is 38.2 Å². The van der Waals surface area contributed by atoms with Gasteiger partial charge in [0.25, 0.3) is 0 Å². The molecule has 1 amide bonds. The number of hydrogen-bond acceptors (Lipinski definition) is 3. The Morgan fingerprint density at radius 1 is 1.30 bits per heavy atom. The first kappa shape index (κ1) is 16.0. The summed E-state index contributed by atoms with van der Waals surface area (Å²) in [5, 5.41) is 18.9. The van der Waals surface area contributed by atoms with Crippen LogP contribution >= 0.6 is 0 Å². The number of carbonyl (C=O) groups excluding carboxylic acids is 1. The zero-order valence-corrected chi connectivity index (χ0v) is 12.3. The van der Waals surface area contributed by atoms with E-state index in [1.807, 2.05) is 0 Å². The molecule has 0 saturated heterocycles. The Morgan fingerprint density at radius 3 is 2.35 bits per heavy atom. The predicted octanol–water partition coefficient (Wildman–Crippen LogP) is 2.41. The molecule has 5 heteroatoms. The summed E-state index contributed by atoms with van der Waals surface area (Å²) in [6.45, 7) is 4.83. The van der Waals surface area contributed by atoms with E-state index in [4.69, 9.17) is 5.11 Å². The lowest BCUT2D eigenvalue weighted by Gasteiger charge is -2.28.